The highest BCUT2D eigenvalue weighted by Gasteiger charge is 2.41. The highest BCUT2D eigenvalue weighted by molar-refractivity contribution is 5.32. The van der Waals surface area contributed by atoms with Crippen LogP contribution in [0.4, 0.5) is 0 Å². The van der Waals surface area contributed by atoms with Gasteiger partial charge in [-0.2, -0.15) is 0 Å². The Labute approximate surface area is 90.3 Å². The van der Waals surface area contributed by atoms with Gasteiger partial charge in [0.1, 0.15) is 11.5 Å². The fourth-order valence-electron chi connectivity index (χ4n) is 3.07. The number of rotatable bonds is 1. The lowest BCUT2D eigenvalue weighted by atomic mass is 9.85. The van der Waals surface area contributed by atoms with E-state index in [9.17, 15) is 5.11 Å². The van der Waals surface area contributed by atoms with Crippen LogP contribution in [0.2, 0.25) is 0 Å². The van der Waals surface area contributed by atoms with E-state index in [4.69, 9.17) is 4.42 Å². The summed E-state index contributed by atoms with van der Waals surface area (Å²) < 4.78 is 5.91. The Kier molecular flexibility index (Phi) is 1.96. The molecule has 0 spiro atoms. The average molecular weight is 206 g/mol. The summed E-state index contributed by atoms with van der Waals surface area (Å²) in [5.41, 5.74) is 1.08. The van der Waals surface area contributed by atoms with E-state index in [0.717, 1.165) is 29.9 Å². The van der Waals surface area contributed by atoms with Crippen molar-refractivity contribution < 1.29 is 9.52 Å². The molecule has 1 heterocycles. The first-order chi connectivity index (χ1) is 7.16. The first-order valence-corrected chi connectivity index (χ1v) is 5.98. The van der Waals surface area contributed by atoms with Gasteiger partial charge in [-0.25, -0.2) is 0 Å². The average Bonchev–Trinajstić information content (AvgIpc) is 2.81. The molecule has 2 aliphatic rings. The molecule has 1 aromatic rings. The Balaban J connectivity index is 2.07. The molecule has 2 bridgehead atoms. The fourth-order valence-corrected chi connectivity index (χ4v) is 3.07. The summed E-state index contributed by atoms with van der Waals surface area (Å²) >= 11 is 0. The molecule has 1 N–H and O–H groups in total. The van der Waals surface area contributed by atoms with Crippen LogP contribution in [0.15, 0.2) is 10.5 Å². The summed E-state index contributed by atoms with van der Waals surface area (Å²) in [6.45, 7) is 4.27. The Morgan fingerprint density at radius 3 is 2.93 bits per heavy atom. The monoisotopic (exact) mass is 206 g/mol. The van der Waals surface area contributed by atoms with Gasteiger partial charge in [0.25, 0.3) is 0 Å². The van der Waals surface area contributed by atoms with Crippen LogP contribution in [0.5, 0.6) is 0 Å². The van der Waals surface area contributed by atoms with Crippen LogP contribution in [0, 0.1) is 5.92 Å². The zero-order valence-electron chi connectivity index (χ0n) is 9.36. The molecular weight excluding hydrogens is 188 g/mol. The predicted molar refractivity (Wildman–Crippen MR) is 57.8 cm³/mol. The molecule has 3 atom stereocenters. The Morgan fingerprint density at radius 2 is 2.20 bits per heavy atom. The van der Waals surface area contributed by atoms with Crippen LogP contribution >= 0.6 is 0 Å². The molecule has 0 aliphatic heterocycles. The Morgan fingerprint density at radius 1 is 1.40 bits per heavy atom. The van der Waals surface area contributed by atoms with Crippen LogP contribution < -0.4 is 0 Å². The summed E-state index contributed by atoms with van der Waals surface area (Å²) in [5.74, 6) is 3.61. The van der Waals surface area contributed by atoms with Gasteiger partial charge in [-0.15, -0.1) is 0 Å². The van der Waals surface area contributed by atoms with E-state index in [1.54, 1.807) is 0 Å². The van der Waals surface area contributed by atoms with Crippen LogP contribution in [0.1, 0.15) is 68.1 Å². The maximum Gasteiger partial charge on any atom is 0.113 e. The minimum absolute atomic E-state index is 0.269. The summed E-state index contributed by atoms with van der Waals surface area (Å²) in [7, 11) is 0. The second-order valence-corrected chi connectivity index (χ2v) is 5.34. The fraction of sp³-hybridized carbons (Fsp3) is 0.692. The summed E-state index contributed by atoms with van der Waals surface area (Å²) in [4.78, 5) is 0. The number of aliphatic hydroxyl groups is 1. The lowest BCUT2D eigenvalue weighted by Crippen LogP contribution is -2.15. The normalized spacial score (nSPS) is 33.5. The van der Waals surface area contributed by atoms with E-state index in [1.165, 1.54) is 6.42 Å². The molecule has 82 valence electrons. The number of hydrogen-bond donors (Lipinski definition) is 1. The highest BCUT2D eigenvalue weighted by Crippen LogP contribution is 2.52. The molecule has 0 saturated heterocycles. The van der Waals surface area contributed by atoms with Crippen LogP contribution in [0.3, 0.4) is 0 Å². The predicted octanol–water partition coefficient (Wildman–Crippen LogP) is 3.33. The van der Waals surface area contributed by atoms with E-state index in [1.807, 2.05) is 0 Å². The van der Waals surface area contributed by atoms with Gasteiger partial charge in [0.2, 0.25) is 0 Å². The standard InChI is InChI=1S/C13H18O2/c1-7(2)11-6-10-12(14)8-3-4-9(5-8)13(10)15-11/h6-9,12,14H,3-5H2,1-2H3. The molecule has 0 amide bonds. The van der Waals surface area contributed by atoms with Crippen LogP contribution in [-0.4, -0.2) is 5.11 Å². The van der Waals surface area contributed by atoms with E-state index in [2.05, 4.69) is 19.9 Å². The third-order valence-electron chi connectivity index (χ3n) is 3.99. The van der Waals surface area contributed by atoms with E-state index < -0.39 is 0 Å². The maximum atomic E-state index is 10.2. The molecule has 3 rings (SSSR count). The summed E-state index contributed by atoms with van der Waals surface area (Å²) in [5, 5.41) is 10.2. The molecular formula is C13H18O2. The number of fused-ring (bicyclic) bond motifs is 4. The third kappa shape index (κ3) is 1.27. The van der Waals surface area contributed by atoms with Crippen molar-refractivity contribution in [1.82, 2.24) is 0 Å². The largest absolute Gasteiger partial charge is 0.465 e. The maximum absolute atomic E-state index is 10.2. The van der Waals surface area contributed by atoms with Crippen molar-refractivity contribution in [2.75, 3.05) is 0 Å². The summed E-state index contributed by atoms with van der Waals surface area (Å²) in [6, 6.07) is 2.08. The topological polar surface area (TPSA) is 33.4 Å². The van der Waals surface area contributed by atoms with Crippen LogP contribution in [0.25, 0.3) is 0 Å². The zero-order valence-corrected chi connectivity index (χ0v) is 9.36. The Bertz CT molecular complexity index is 364. The van der Waals surface area contributed by atoms with Crippen molar-refractivity contribution in [3.63, 3.8) is 0 Å². The summed E-state index contributed by atoms with van der Waals surface area (Å²) in [6.07, 6.45) is 3.21. The smallest absolute Gasteiger partial charge is 0.113 e. The first kappa shape index (κ1) is 9.46. The van der Waals surface area contributed by atoms with Crippen molar-refractivity contribution in [2.45, 2.75) is 51.0 Å². The molecule has 2 nitrogen and oxygen atoms in total. The van der Waals surface area contributed by atoms with Crippen molar-refractivity contribution >= 4 is 0 Å². The van der Waals surface area contributed by atoms with Gasteiger partial charge < -0.3 is 9.52 Å². The molecule has 1 fully saturated rings. The van der Waals surface area contributed by atoms with Gasteiger partial charge in [-0.3, -0.25) is 0 Å². The third-order valence-corrected chi connectivity index (χ3v) is 3.99. The minimum atomic E-state index is -0.269. The molecule has 3 unspecified atom stereocenters. The number of hydrogen-bond acceptors (Lipinski definition) is 2. The van der Waals surface area contributed by atoms with E-state index in [-0.39, 0.29) is 6.10 Å². The van der Waals surface area contributed by atoms with Gasteiger partial charge in [-0.1, -0.05) is 13.8 Å². The van der Waals surface area contributed by atoms with Gasteiger partial charge >= 0.3 is 0 Å². The number of aliphatic hydroxyl groups excluding tert-OH is 1. The second kappa shape index (κ2) is 3.11. The highest BCUT2D eigenvalue weighted by atomic mass is 16.3. The molecule has 2 aliphatic carbocycles. The molecule has 2 heteroatoms. The van der Waals surface area contributed by atoms with Gasteiger partial charge in [0.15, 0.2) is 0 Å². The van der Waals surface area contributed by atoms with Gasteiger partial charge in [0, 0.05) is 17.4 Å². The van der Waals surface area contributed by atoms with E-state index >= 15 is 0 Å². The van der Waals surface area contributed by atoms with Crippen LogP contribution in [-0.2, 0) is 0 Å². The molecule has 15 heavy (non-hydrogen) atoms. The molecule has 0 aromatic carbocycles. The first-order valence-electron chi connectivity index (χ1n) is 5.98. The lowest BCUT2D eigenvalue weighted by molar-refractivity contribution is 0.101. The Hall–Kier alpha value is -0.760. The van der Waals surface area contributed by atoms with Gasteiger partial charge in [-0.05, 0) is 31.2 Å². The zero-order chi connectivity index (χ0) is 10.6. The second-order valence-electron chi connectivity index (χ2n) is 5.34. The van der Waals surface area contributed by atoms with E-state index in [0.29, 0.717) is 17.8 Å². The van der Waals surface area contributed by atoms with Crippen molar-refractivity contribution in [2.24, 2.45) is 5.92 Å². The lowest BCUT2D eigenvalue weighted by Gasteiger charge is -2.23. The van der Waals surface area contributed by atoms with Crippen molar-refractivity contribution in [3.05, 3.63) is 23.2 Å². The van der Waals surface area contributed by atoms with Gasteiger partial charge in [0.05, 0.1) is 6.10 Å². The quantitative estimate of drug-likeness (QED) is 0.764. The molecule has 1 aromatic heterocycles. The van der Waals surface area contributed by atoms with Crippen molar-refractivity contribution in [3.8, 4) is 0 Å². The SMILES string of the molecule is CC(C)c1cc2c(o1)C1CCC(C1)C2O. The molecule has 0 radical (unpaired) electrons. The minimum Gasteiger partial charge on any atom is -0.465 e. The number of furan rings is 1. The molecule has 1 saturated carbocycles. The van der Waals surface area contributed by atoms with Crippen molar-refractivity contribution in [1.29, 1.82) is 0 Å².